The minimum absolute atomic E-state index is 0.0662. The molecule has 0 atom stereocenters. The van der Waals surface area contributed by atoms with E-state index in [4.69, 9.17) is 0 Å². The van der Waals surface area contributed by atoms with Gasteiger partial charge in [-0.1, -0.05) is 0 Å². The normalized spacial score (nSPS) is 9.69. The molecule has 0 aliphatic carbocycles. The summed E-state index contributed by atoms with van der Waals surface area (Å²) in [6.45, 7) is 0.694. The van der Waals surface area contributed by atoms with Crippen LogP contribution in [0.3, 0.4) is 0 Å². The van der Waals surface area contributed by atoms with Gasteiger partial charge in [-0.05, 0) is 12.0 Å². The van der Waals surface area contributed by atoms with Gasteiger partial charge in [-0.2, -0.15) is 5.10 Å². The summed E-state index contributed by atoms with van der Waals surface area (Å²) in [7, 11) is 3.38. The van der Waals surface area contributed by atoms with Crippen LogP contribution in [0.15, 0.2) is 12.4 Å². The molecule has 2 amide bonds. The molecule has 13 heavy (non-hydrogen) atoms. The van der Waals surface area contributed by atoms with E-state index in [1.807, 2.05) is 6.20 Å². The molecule has 0 aliphatic rings. The van der Waals surface area contributed by atoms with E-state index >= 15 is 0 Å². The number of hydrogen-bond acceptors (Lipinski definition) is 2. The molecule has 72 valence electrons. The lowest BCUT2D eigenvalue weighted by molar-refractivity contribution is 0.211. The van der Waals surface area contributed by atoms with Crippen LogP contribution in [0.2, 0.25) is 0 Å². The maximum atomic E-state index is 11.1. The van der Waals surface area contributed by atoms with Gasteiger partial charge in [0.1, 0.15) is 0 Å². The number of urea groups is 1. The van der Waals surface area contributed by atoms with Crippen molar-refractivity contribution in [3.05, 3.63) is 18.0 Å². The lowest BCUT2D eigenvalue weighted by atomic mass is 10.2. The Morgan fingerprint density at radius 3 is 3.08 bits per heavy atom. The van der Waals surface area contributed by atoms with Crippen LogP contribution in [0.25, 0.3) is 0 Å². The number of nitrogens with zero attached hydrogens (tertiary/aromatic N) is 2. The van der Waals surface area contributed by atoms with Gasteiger partial charge in [0.25, 0.3) is 0 Å². The fourth-order valence-electron chi connectivity index (χ4n) is 1.00. The van der Waals surface area contributed by atoms with Crippen molar-refractivity contribution >= 4 is 6.03 Å². The molecule has 2 N–H and O–H groups in total. The average Bonchev–Trinajstić information content (AvgIpc) is 2.65. The second-order valence-corrected chi connectivity index (χ2v) is 2.83. The summed E-state index contributed by atoms with van der Waals surface area (Å²) in [6, 6.07) is -0.0662. The molecule has 0 unspecified atom stereocenters. The van der Waals surface area contributed by atoms with Gasteiger partial charge < -0.3 is 10.2 Å². The van der Waals surface area contributed by atoms with Crippen molar-refractivity contribution in [2.45, 2.75) is 6.42 Å². The van der Waals surface area contributed by atoms with E-state index in [0.29, 0.717) is 6.54 Å². The number of rotatable bonds is 3. The van der Waals surface area contributed by atoms with E-state index in [2.05, 4.69) is 15.5 Å². The van der Waals surface area contributed by atoms with Crippen molar-refractivity contribution in [2.75, 3.05) is 20.6 Å². The number of aromatic nitrogens is 2. The number of H-pyrrole nitrogens is 1. The Balaban J connectivity index is 2.30. The monoisotopic (exact) mass is 182 g/mol. The van der Waals surface area contributed by atoms with Gasteiger partial charge in [0, 0.05) is 26.8 Å². The van der Waals surface area contributed by atoms with Crippen LogP contribution in [0.1, 0.15) is 5.56 Å². The number of amides is 2. The average molecular weight is 182 g/mol. The summed E-state index contributed by atoms with van der Waals surface area (Å²) >= 11 is 0. The van der Waals surface area contributed by atoms with Crippen molar-refractivity contribution in [3.8, 4) is 0 Å². The third-order valence-electron chi connectivity index (χ3n) is 1.85. The van der Waals surface area contributed by atoms with Crippen molar-refractivity contribution < 1.29 is 4.79 Å². The minimum atomic E-state index is -0.0662. The first-order valence-corrected chi connectivity index (χ1v) is 4.14. The van der Waals surface area contributed by atoms with Crippen LogP contribution in [0.5, 0.6) is 0 Å². The molecule has 0 saturated carbocycles. The van der Waals surface area contributed by atoms with Crippen LogP contribution in [0, 0.1) is 0 Å². The van der Waals surface area contributed by atoms with Gasteiger partial charge in [-0.15, -0.1) is 0 Å². The van der Waals surface area contributed by atoms with Crippen LogP contribution >= 0.6 is 0 Å². The second-order valence-electron chi connectivity index (χ2n) is 2.83. The highest BCUT2D eigenvalue weighted by Gasteiger charge is 2.05. The largest absolute Gasteiger partial charge is 0.341 e. The SMILES string of the molecule is CNC(=O)N(C)CCc1cn[nH]c1. The van der Waals surface area contributed by atoms with Crippen LogP contribution in [0.4, 0.5) is 4.79 Å². The van der Waals surface area contributed by atoms with E-state index in [-0.39, 0.29) is 6.03 Å². The molecular weight excluding hydrogens is 168 g/mol. The van der Waals surface area contributed by atoms with E-state index in [0.717, 1.165) is 12.0 Å². The number of carbonyl (C=O) groups excluding carboxylic acids is 1. The lowest BCUT2D eigenvalue weighted by Crippen LogP contribution is -2.36. The molecule has 0 fully saturated rings. The third-order valence-corrected chi connectivity index (χ3v) is 1.85. The zero-order valence-electron chi connectivity index (χ0n) is 7.87. The fraction of sp³-hybridized carbons (Fsp3) is 0.500. The Kier molecular flexibility index (Phi) is 3.31. The molecule has 0 aromatic carbocycles. The summed E-state index contributed by atoms with van der Waals surface area (Å²) < 4.78 is 0. The maximum absolute atomic E-state index is 11.1. The molecule has 0 radical (unpaired) electrons. The highest BCUT2D eigenvalue weighted by atomic mass is 16.2. The van der Waals surface area contributed by atoms with Gasteiger partial charge in [0.15, 0.2) is 0 Å². The van der Waals surface area contributed by atoms with Gasteiger partial charge in [-0.3, -0.25) is 5.10 Å². The molecule has 1 heterocycles. The molecule has 1 rings (SSSR count). The number of aromatic amines is 1. The summed E-state index contributed by atoms with van der Waals surface area (Å²) in [6.07, 6.45) is 4.41. The molecule has 0 aliphatic heterocycles. The number of nitrogens with one attached hydrogen (secondary N) is 2. The van der Waals surface area contributed by atoms with Crippen LogP contribution in [-0.4, -0.2) is 41.8 Å². The zero-order valence-corrected chi connectivity index (χ0v) is 7.87. The van der Waals surface area contributed by atoms with Gasteiger partial charge in [-0.25, -0.2) is 4.79 Å². The van der Waals surface area contributed by atoms with E-state index < -0.39 is 0 Å². The van der Waals surface area contributed by atoms with E-state index in [9.17, 15) is 4.79 Å². The zero-order chi connectivity index (χ0) is 9.68. The summed E-state index contributed by atoms with van der Waals surface area (Å²) in [5.74, 6) is 0. The molecule has 5 heteroatoms. The van der Waals surface area contributed by atoms with Gasteiger partial charge in [0.2, 0.25) is 0 Å². The van der Waals surface area contributed by atoms with Gasteiger partial charge in [0.05, 0.1) is 6.20 Å². The standard InChI is InChI=1S/C8H14N4O/c1-9-8(13)12(2)4-3-7-5-10-11-6-7/h5-6H,3-4H2,1-2H3,(H,9,13)(H,10,11). The van der Waals surface area contributed by atoms with Gasteiger partial charge >= 0.3 is 6.03 Å². The first-order valence-electron chi connectivity index (χ1n) is 4.14. The Labute approximate surface area is 77.1 Å². The first kappa shape index (κ1) is 9.57. The Morgan fingerprint density at radius 2 is 2.54 bits per heavy atom. The molecule has 0 spiro atoms. The highest BCUT2D eigenvalue weighted by molar-refractivity contribution is 5.73. The molecular formula is C8H14N4O. The van der Waals surface area contributed by atoms with Crippen LogP contribution < -0.4 is 5.32 Å². The molecule has 1 aromatic heterocycles. The maximum Gasteiger partial charge on any atom is 0.316 e. The third kappa shape index (κ3) is 2.77. The van der Waals surface area contributed by atoms with Crippen molar-refractivity contribution in [1.29, 1.82) is 0 Å². The molecule has 0 saturated heterocycles. The molecule has 1 aromatic rings. The number of hydrogen-bond donors (Lipinski definition) is 2. The Hall–Kier alpha value is -1.52. The topological polar surface area (TPSA) is 61.0 Å². The van der Waals surface area contributed by atoms with Crippen molar-refractivity contribution in [3.63, 3.8) is 0 Å². The molecule has 5 nitrogen and oxygen atoms in total. The summed E-state index contributed by atoms with van der Waals surface area (Å²) in [4.78, 5) is 12.7. The number of carbonyl (C=O) groups is 1. The second kappa shape index (κ2) is 4.49. The molecule has 0 bridgehead atoms. The van der Waals surface area contributed by atoms with E-state index in [1.165, 1.54) is 0 Å². The summed E-state index contributed by atoms with van der Waals surface area (Å²) in [5, 5.41) is 9.11. The predicted octanol–water partition coefficient (Wildman–Crippen LogP) is 0.223. The smallest absolute Gasteiger partial charge is 0.316 e. The highest BCUT2D eigenvalue weighted by Crippen LogP contribution is 1.96. The quantitative estimate of drug-likeness (QED) is 0.702. The van der Waals surface area contributed by atoms with Crippen LogP contribution in [-0.2, 0) is 6.42 Å². The summed E-state index contributed by atoms with van der Waals surface area (Å²) in [5.41, 5.74) is 1.11. The minimum Gasteiger partial charge on any atom is -0.341 e. The van der Waals surface area contributed by atoms with Crippen molar-refractivity contribution in [2.24, 2.45) is 0 Å². The fourth-order valence-corrected chi connectivity index (χ4v) is 1.00. The predicted molar refractivity (Wildman–Crippen MR) is 49.4 cm³/mol. The first-order chi connectivity index (χ1) is 6.24. The van der Waals surface area contributed by atoms with E-state index in [1.54, 1.807) is 25.2 Å². The number of likely N-dealkylation sites (N-methyl/N-ethyl adjacent to an activating group) is 1. The van der Waals surface area contributed by atoms with Crippen molar-refractivity contribution in [1.82, 2.24) is 20.4 Å². The Bertz CT molecular complexity index is 257. The lowest BCUT2D eigenvalue weighted by Gasteiger charge is -2.15. The Morgan fingerprint density at radius 1 is 1.77 bits per heavy atom.